The molecule has 0 aliphatic heterocycles. The normalized spacial score (nSPS) is 14.8. The molecule has 1 unspecified atom stereocenters. The number of hydrogen-bond acceptors (Lipinski definition) is 2. The molecule has 1 atom stereocenters. The summed E-state index contributed by atoms with van der Waals surface area (Å²) in [5, 5.41) is 3.58. The summed E-state index contributed by atoms with van der Waals surface area (Å²) in [6.07, 6.45) is 1.19. The highest BCUT2D eigenvalue weighted by atomic mass is 79.9. The van der Waals surface area contributed by atoms with Crippen molar-refractivity contribution in [3.63, 3.8) is 0 Å². The Morgan fingerprint density at radius 3 is 2.50 bits per heavy atom. The SMILES string of the molecule is CCC(C)(CNC(C)C)CN(C)Cc1ccccc1Br. The van der Waals surface area contributed by atoms with Gasteiger partial charge in [-0.15, -0.1) is 0 Å². The van der Waals surface area contributed by atoms with Crippen LogP contribution in [-0.4, -0.2) is 31.1 Å². The Kier molecular flexibility index (Phi) is 7.21. The van der Waals surface area contributed by atoms with E-state index in [9.17, 15) is 0 Å². The third kappa shape index (κ3) is 5.94. The minimum Gasteiger partial charge on any atom is -0.314 e. The van der Waals surface area contributed by atoms with Crippen LogP contribution in [0.25, 0.3) is 0 Å². The Balaban J connectivity index is 2.58. The summed E-state index contributed by atoms with van der Waals surface area (Å²) in [6.45, 7) is 12.2. The van der Waals surface area contributed by atoms with Crippen LogP contribution in [0, 0.1) is 5.41 Å². The van der Waals surface area contributed by atoms with Crippen LogP contribution in [0.5, 0.6) is 0 Å². The molecule has 3 heteroatoms. The van der Waals surface area contributed by atoms with Gasteiger partial charge in [0.1, 0.15) is 0 Å². The fourth-order valence-electron chi connectivity index (χ4n) is 2.37. The molecule has 1 aromatic carbocycles. The molecule has 0 saturated carbocycles. The molecule has 0 aromatic heterocycles. The van der Waals surface area contributed by atoms with Crippen LogP contribution in [0.3, 0.4) is 0 Å². The molecule has 0 bridgehead atoms. The maximum atomic E-state index is 3.63. The van der Waals surface area contributed by atoms with Gasteiger partial charge in [-0.25, -0.2) is 0 Å². The van der Waals surface area contributed by atoms with Gasteiger partial charge >= 0.3 is 0 Å². The molecule has 2 nitrogen and oxygen atoms in total. The van der Waals surface area contributed by atoms with E-state index in [1.807, 2.05) is 0 Å². The van der Waals surface area contributed by atoms with Crippen molar-refractivity contribution in [2.75, 3.05) is 20.1 Å². The van der Waals surface area contributed by atoms with E-state index < -0.39 is 0 Å². The first-order valence-corrected chi connectivity index (χ1v) is 8.31. The van der Waals surface area contributed by atoms with Gasteiger partial charge < -0.3 is 10.2 Å². The summed E-state index contributed by atoms with van der Waals surface area (Å²) >= 11 is 3.63. The van der Waals surface area contributed by atoms with Gasteiger partial charge in [0, 0.05) is 30.1 Å². The van der Waals surface area contributed by atoms with Crippen molar-refractivity contribution in [1.29, 1.82) is 0 Å². The van der Waals surface area contributed by atoms with E-state index in [-0.39, 0.29) is 0 Å². The highest BCUT2D eigenvalue weighted by molar-refractivity contribution is 9.10. The van der Waals surface area contributed by atoms with Crippen molar-refractivity contribution in [2.45, 2.75) is 46.7 Å². The van der Waals surface area contributed by atoms with E-state index in [2.05, 4.69) is 85.2 Å². The fourth-order valence-corrected chi connectivity index (χ4v) is 2.78. The molecule has 0 saturated heterocycles. The molecule has 0 spiro atoms. The Morgan fingerprint density at radius 1 is 1.30 bits per heavy atom. The second kappa shape index (κ2) is 8.16. The van der Waals surface area contributed by atoms with Crippen molar-refractivity contribution in [2.24, 2.45) is 5.41 Å². The molecule has 1 N–H and O–H groups in total. The van der Waals surface area contributed by atoms with Gasteiger partial charge in [0.15, 0.2) is 0 Å². The number of halogens is 1. The first-order chi connectivity index (χ1) is 9.36. The molecule has 0 aliphatic carbocycles. The lowest BCUT2D eigenvalue weighted by atomic mass is 9.86. The van der Waals surface area contributed by atoms with E-state index in [1.54, 1.807) is 0 Å². The predicted octanol–water partition coefficient (Wildman–Crippen LogP) is 4.30. The lowest BCUT2D eigenvalue weighted by Crippen LogP contribution is -2.42. The van der Waals surface area contributed by atoms with Crippen LogP contribution in [0.4, 0.5) is 0 Å². The van der Waals surface area contributed by atoms with E-state index in [0.29, 0.717) is 11.5 Å². The Labute approximate surface area is 133 Å². The summed E-state index contributed by atoms with van der Waals surface area (Å²) in [4.78, 5) is 2.42. The monoisotopic (exact) mass is 340 g/mol. The summed E-state index contributed by atoms with van der Waals surface area (Å²) in [5.74, 6) is 0. The third-order valence-electron chi connectivity index (χ3n) is 3.84. The summed E-state index contributed by atoms with van der Waals surface area (Å²) in [5.41, 5.74) is 1.67. The molecule has 0 heterocycles. The smallest absolute Gasteiger partial charge is 0.0242 e. The highest BCUT2D eigenvalue weighted by Gasteiger charge is 2.24. The average molecular weight is 341 g/mol. The van der Waals surface area contributed by atoms with E-state index in [0.717, 1.165) is 19.6 Å². The number of hydrogen-bond donors (Lipinski definition) is 1. The zero-order chi connectivity index (χ0) is 15.2. The largest absolute Gasteiger partial charge is 0.314 e. The van der Waals surface area contributed by atoms with Crippen molar-refractivity contribution in [3.8, 4) is 0 Å². The first-order valence-electron chi connectivity index (χ1n) is 7.51. The standard InChI is InChI=1S/C17H29BrN2/c1-6-17(4,12-19-14(2)3)13-20(5)11-15-9-7-8-10-16(15)18/h7-10,14,19H,6,11-13H2,1-5H3. The first kappa shape index (κ1) is 17.7. The van der Waals surface area contributed by atoms with Crippen LogP contribution in [0.15, 0.2) is 28.7 Å². The molecular formula is C17H29BrN2. The van der Waals surface area contributed by atoms with Crippen molar-refractivity contribution in [1.82, 2.24) is 10.2 Å². The minimum absolute atomic E-state index is 0.320. The highest BCUT2D eigenvalue weighted by Crippen LogP contribution is 2.24. The molecule has 0 amide bonds. The maximum absolute atomic E-state index is 3.63. The van der Waals surface area contributed by atoms with Gasteiger partial charge in [-0.05, 0) is 30.5 Å². The Bertz CT molecular complexity index is 406. The number of nitrogens with one attached hydrogen (secondary N) is 1. The van der Waals surface area contributed by atoms with E-state index in [1.165, 1.54) is 16.5 Å². The molecule has 0 aliphatic rings. The quantitative estimate of drug-likeness (QED) is 0.759. The van der Waals surface area contributed by atoms with Gasteiger partial charge in [0.05, 0.1) is 0 Å². The van der Waals surface area contributed by atoms with E-state index in [4.69, 9.17) is 0 Å². The van der Waals surface area contributed by atoms with Crippen LogP contribution >= 0.6 is 15.9 Å². The predicted molar refractivity (Wildman–Crippen MR) is 92.0 cm³/mol. The van der Waals surface area contributed by atoms with Gasteiger partial charge in [0.2, 0.25) is 0 Å². The molecule has 0 radical (unpaired) electrons. The van der Waals surface area contributed by atoms with Gasteiger partial charge in [-0.3, -0.25) is 0 Å². The molecular weight excluding hydrogens is 312 g/mol. The van der Waals surface area contributed by atoms with Gasteiger partial charge in [0.25, 0.3) is 0 Å². The summed E-state index contributed by atoms with van der Waals surface area (Å²) in [7, 11) is 2.21. The average Bonchev–Trinajstić information content (AvgIpc) is 2.39. The van der Waals surface area contributed by atoms with Gasteiger partial charge in [-0.1, -0.05) is 61.8 Å². The Hall–Kier alpha value is -0.380. The molecule has 20 heavy (non-hydrogen) atoms. The third-order valence-corrected chi connectivity index (χ3v) is 4.61. The van der Waals surface area contributed by atoms with Crippen LogP contribution in [0.2, 0.25) is 0 Å². The minimum atomic E-state index is 0.320. The zero-order valence-electron chi connectivity index (χ0n) is 13.5. The van der Waals surface area contributed by atoms with Crippen molar-refractivity contribution in [3.05, 3.63) is 34.3 Å². The topological polar surface area (TPSA) is 15.3 Å². The lowest BCUT2D eigenvalue weighted by Gasteiger charge is -2.34. The van der Waals surface area contributed by atoms with Crippen LogP contribution in [0.1, 0.15) is 39.7 Å². The van der Waals surface area contributed by atoms with Crippen molar-refractivity contribution >= 4 is 15.9 Å². The van der Waals surface area contributed by atoms with Crippen LogP contribution in [-0.2, 0) is 6.54 Å². The second-order valence-electron chi connectivity index (χ2n) is 6.46. The maximum Gasteiger partial charge on any atom is 0.0242 e. The summed E-state index contributed by atoms with van der Waals surface area (Å²) < 4.78 is 1.20. The van der Waals surface area contributed by atoms with Crippen LogP contribution < -0.4 is 5.32 Å². The Morgan fingerprint density at radius 2 is 1.95 bits per heavy atom. The second-order valence-corrected chi connectivity index (χ2v) is 7.32. The van der Waals surface area contributed by atoms with Gasteiger partial charge in [-0.2, -0.15) is 0 Å². The number of nitrogens with zero attached hydrogens (tertiary/aromatic N) is 1. The van der Waals surface area contributed by atoms with Crippen molar-refractivity contribution < 1.29 is 0 Å². The molecule has 1 rings (SSSR count). The molecule has 0 fully saturated rings. The van der Waals surface area contributed by atoms with E-state index >= 15 is 0 Å². The molecule has 1 aromatic rings. The number of benzene rings is 1. The zero-order valence-corrected chi connectivity index (χ0v) is 15.1. The molecule has 114 valence electrons. The fraction of sp³-hybridized carbons (Fsp3) is 0.647. The number of rotatable bonds is 8. The lowest BCUT2D eigenvalue weighted by molar-refractivity contribution is 0.172. The summed E-state index contributed by atoms with van der Waals surface area (Å²) in [6, 6.07) is 9.02.